The summed E-state index contributed by atoms with van der Waals surface area (Å²) in [6, 6.07) is 11.2. The highest BCUT2D eigenvalue weighted by atomic mass is 19.4. The van der Waals surface area contributed by atoms with E-state index >= 15 is 0 Å². The van der Waals surface area contributed by atoms with Crippen LogP contribution in [-0.2, 0) is 12.8 Å². The fourth-order valence-corrected chi connectivity index (χ4v) is 2.94. The van der Waals surface area contributed by atoms with E-state index in [0.29, 0.717) is 11.1 Å². The molecule has 25 heavy (non-hydrogen) atoms. The van der Waals surface area contributed by atoms with Crippen LogP contribution >= 0.6 is 0 Å². The van der Waals surface area contributed by atoms with E-state index in [0.717, 1.165) is 19.3 Å². The quantitative estimate of drug-likeness (QED) is 0.550. The summed E-state index contributed by atoms with van der Waals surface area (Å²) in [6.07, 6.45) is 2.71. The molecule has 0 aliphatic heterocycles. The maximum atomic E-state index is 12.3. The van der Waals surface area contributed by atoms with Crippen LogP contribution < -0.4 is 4.74 Å². The van der Waals surface area contributed by atoms with Gasteiger partial charge in [0, 0.05) is 5.56 Å². The fourth-order valence-electron chi connectivity index (χ4n) is 2.94. The molecule has 2 nitrogen and oxygen atoms in total. The molecular formula is C20H17F3O2. The number of ketones is 1. The van der Waals surface area contributed by atoms with E-state index in [2.05, 4.69) is 4.74 Å². The smallest absolute Gasteiger partial charge is 0.406 e. The van der Waals surface area contributed by atoms with E-state index in [1.807, 2.05) is 18.2 Å². The van der Waals surface area contributed by atoms with E-state index in [9.17, 15) is 18.0 Å². The largest absolute Gasteiger partial charge is 0.573 e. The van der Waals surface area contributed by atoms with Crippen molar-refractivity contribution in [3.05, 3.63) is 70.8 Å². The van der Waals surface area contributed by atoms with Gasteiger partial charge in [0.15, 0.2) is 5.78 Å². The molecule has 0 saturated carbocycles. The molecule has 0 heterocycles. The Labute approximate surface area is 143 Å². The second-order valence-corrected chi connectivity index (χ2v) is 6.01. The number of alkyl halides is 3. The standard InChI is InChI=1S/C20H17F3O2/c21-20(22,23)25-18-10-5-14(6-11-18)7-12-19(24)17-9-8-15-3-1-2-4-16(15)13-17/h5-13H,1-4H2. The van der Waals surface area contributed by atoms with Crippen molar-refractivity contribution < 1.29 is 22.7 Å². The van der Waals surface area contributed by atoms with Gasteiger partial charge >= 0.3 is 6.36 Å². The summed E-state index contributed by atoms with van der Waals surface area (Å²) < 4.78 is 40.2. The van der Waals surface area contributed by atoms with Crippen LogP contribution in [0.25, 0.3) is 6.08 Å². The zero-order valence-corrected chi connectivity index (χ0v) is 13.5. The van der Waals surface area contributed by atoms with Gasteiger partial charge in [0.25, 0.3) is 0 Å². The van der Waals surface area contributed by atoms with Crippen LogP contribution in [0.15, 0.2) is 48.5 Å². The molecule has 0 amide bonds. The Hall–Kier alpha value is -2.56. The van der Waals surface area contributed by atoms with Crippen LogP contribution in [0.5, 0.6) is 5.75 Å². The number of fused-ring (bicyclic) bond motifs is 1. The monoisotopic (exact) mass is 346 g/mol. The van der Waals surface area contributed by atoms with Crippen molar-refractivity contribution in [1.82, 2.24) is 0 Å². The Morgan fingerprint density at radius 1 is 0.960 bits per heavy atom. The molecule has 0 fully saturated rings. The third-order valence-corrected chi connectivity index (χ3v) is 4.17. The molecule has 3 rings (SSSR count). The second-order valence-electron chi connectivity index (χ2n) is 6.01. The average Bonchev–Trinajstić information content (AvgIpc) is 2.59. The Bertz CT molecular complexity index is 790. The minimum Gasteiger partial charge on any atom is -0.406 e. The molecule has 0 atom stereocenters. The molecule has 1 aliphatic carbocycles. The lowest BCUT2D eigenvalue weighted by atomic mass is 9.90. The van der Waals surface area contributed by atoms with Gasteiger partial charge in [-0.25, -0.2) is 0 Å². The molecule has 0 unspecified atom stereocenters. The van der Waals surface area contributed by atoms with Gasteiger partial charge in [-0.15, -0.1) is 13.2 Å². The summed E-state index contributed by atoms with van der Waals surface area (Å²) in [5.41, 5.74) is 3.81. The molecule has 0 N–H and O–H groups in total. The Balaban J connectivity index is 1.68. The van der Waals surface area contributed by atoms with E-state index in [-0.39, 0.29) is 11.5 Å². The van der Waals surface area contributed by atoms with Crippen molar-refractivity contribution in [2.24, 2.45) is 0 Å². The van der Waals surface area contributed by atoms with Crippen molar-refractivity contribution >= 4 is 11.9 Å². The number of aryl methyl sites for hydroxylation is 2. The van der Waals surface area contributed by atoms with E-state index in [4.69, 9.17) is 0 Å². The lowest BCUT2D eigenvalue weighted by molar-refractivity contribution is -0.274. The Kier molecular flexibility index (Phi) is 4.93. The zero-order valence-electron chi connectivity index (χ0n) is 13.5. The number of allylic oxidation sites excluding steroid dienone is 1. The summed E-state index contributed by atoms with van der Waals surface area (Å²) >= 11 is 0. The van der Waals surface area contributed by atoms with Gasteiger partial charge in [0.1, 0.15) is 5.75 Å². The summed E-state index contributed by atoms with van der Waals surface area (Å²) in [5, 5.41) is 0. The number of hydrogen-bond acceptors (Lipinski definition) is 2. The van der Waals surface area contributed by atoms with Crippen LogP contribution in [0, 0.1) is 0 Å². The highest BCUT2D eigenvalue weighted by molar-refractivity contribution is 6.07. The van der Waals surface area contributed by atoms with Crippen molar-refractivity contribution in [1.29, 1.82) is 0 Å². The first kappa shape index (κ1) is 17.3. The number of halogens is 3. The maximum Gasteiger partial charge on any atom is 0.573 e. The van der Waals surface area contributed by atoms with Crippen LogP contribution in [-0.4, -0.2) is 12.1 Å². The minimum atomic E-state index is -4.71. The summed E-state index contributed by atoms with van der Waals surface area (Å²) in [6.45, 7) is 0. The van der Waals surface area contributed by atoms with Crippen molar-refractivity contribution in [2.75, 3.05) is 0 Å². The predicted molar refractivity (Wildman–Crippen MR) is 89.6 cm³/mol. The number of rotatable bonds is 4. The maximum absolute atomic E-state index is 12.3. The Morgan fingerprint density at radius 3 is 2.32 bits per heavy atom. The highest BCUT2D eigenvalue weighted by Gasteiger charge is 2.30. The fraction of sp³-hybridized carbons (Fsp3) is 0.250. The SMILES string of the molecule is O=C(C=Cc1ccc(OC(F)(F)F)cc1)c1ccc2c(c1)CCCC2. The van der Waals surface area contributed by atoms with E-state index < -0.39 is 6.36 Å². The molecule has 0 saturated heterocycles. The van der Waals surface area contributed by atoms with Crippen molar-refractivity contribution in [3.8, 4) is 5.75 Å². The van der Waals surface area contributed by atoms with Crippen LogP contribution in [0.2, 0.25) is 0 Å². The summed E-state index contributed by atoms with van der Waals surface area (Å²) in [5.74, 6) is -0.408. The van der Waals surface area contributed by atoms with Gasteiger partial charge in [-0.2, -0.15) is 0 Å². The third kappa shape index (κ3) is 4.72. The van der Waals surface area contributed by atoms with Crippen molar-refractivity contribution in [3.63, 3.8) is 0 Å². The molecular weight excluding hydrogens is 329 g/mol. The third-order valence-electron chi connectivity index (χ3n) is 4.17. The lowest BCUT2D eigenvalue weighted by Crippen LogP contribution is -2.16. The molecule has 0 spiro atoms. The first-order valence-corrected chi connectivity index (χ1v) is 8.11. The first-order chi connectivity index (χ1) is 11.9. The van der Waals surface area contributed by atoms with Gasteiger partial charge in [0.2, 0.25) is 0 Å². The summed E-state index contributed by atoms with van der Waals surface area (Å²) in [4.78, 5) is 12.3. The van der Waals surface area contributed by atoms with Gasteiger partial charge < -0.3 is 4.74 Å². The lowest BCUT2D eigenvalue weighted by Gasteiger charge is -2.15. The van der Waals surface area contributed by atoms with E-state index in [1.54, 1.807) is 6.08 Å². The van der Waals surface area contributed by atoms with Crippen LogP contribution in [0.4, 0.5) is 13.2 Å². The van der Waals surface area contributed by atoms with E-state index in [1.165, 1.54) is 47.9 Å². The molecule has 2 aromatic rings. The zero-order chi connectivity index (χ0) is 17.9. The molecule has 5 heteroatoms. The van der Waals surface area contributed by atoms with Gasteiger partial charge in [-0.3, -0.25) is 4.79 Å². The minimum absolute atomic E-state index is 0.121. The highest BCUT2D eigenvalue weighted by Crippen LogP contribution is 2.24. The number of carbonyl (C=O) groups excluding carboxylic acids is 1. The number of carbonyl (C=O) groups is 1. The van der Waals surface area contributed by atoms with Gasteiger partial charge in [-0.1, -0.05) is 30.3 Å². The molecule has 1 aliphatic rings. The summed E-state index contributed by atoms with van der Waals surface area (Å²) in [7, 11) is 0. The molecule has 0 radical (unpaired) electrons. The number of ether oxygens (including phenoxy) is 1. The number of benzene rings is 2. The Morgan fingerprint density at radius 2 is 1.64 bits per heavy atom. The van der Waals surface area contributed by atoms with Crippen LogP contribution in [0.3, 0.4) is 0 Å². The molecule has 130 valence electrons. The average molecular weight is 346 g/mol. The van der Waals surface area contributed by atoms with Gasteiger partial charge in [0.05, 0.1) is 0 Å². The van der Waals surface area contributed by atoms with Crippen LogP contribution in [0.1, 0.15) is 39.9 Å². The second kappa shape index (κ2) is 7.13. The number of hydrogen-bond donors (Lipinski definition) is 0. The molecule has 2 aromatic carbocycles. The van der Waals surface area contributed by atoms with Gasteiger partial charge in [-0.05, 0) is 66.6 Å². The van der Waals surface area contributed by atoms with Crippen molar-refractivity contribution in [2.45, 2.75) is 32.0 Å². The normalized spacial score (nSPS) is 14.4. The molecule has 0 aromatic heterocycles. The topological polar surface area (TPSA) is 26.3 Å². The first-order valence-electron chi connectivity index (χ1n) is 8.11. The molecule has 0 bridgehead atoms. The predicted octanol–water partition coefficient (Wildman–Crippen LogP) is 5.36.